The van der Waals surface area contributed by atoms with Crippen LogP contribution >= 0.6 is 15.9 Å². The van der Waals surface area contributed by atoms with Crippen LogP contribution in [-0.4, -0.2) is 16.3 Å². The molecule has 2 rings (SSSR count). The number of rotatable bonds is 6. The van der Waals surface area contributed by atoms with Crippen LogP contribution in [0, 0.1) is 13.8 Å². The zero-order valence-electron chi connectivity index (χ0n) is 13.3. The van der Waals surface area contributed by atoms with Gasteiger partial charge in [-0.2, -0.15) is 5.10 Å². The van der Waals surface area contributed by atoms with Gasteiger partial charge in [0.05, 0.1) is 12.2 Å². The number of hydrogen-bond donors (Lipinski definition) is 1. The molecule has 0 saturated carbocycles. The summed E-state index contributed by atoms with van der Waals surface area (Å²) in [5.41, 5.74) is 5.03. The highest BCUT2D eigenvalue weighted by Crippen LogP contribution is 2.24. The zero-order valence-corrected chi connectivity index (χ0v) is 14.9. The Morgan fingerprint density at radius 1 is 1.19 bits per heavy atom. The van der Waals surface area contributed by atoms with Crippen molar-refractivity contribution in [3.8, 4) is 0 Å². The summed E-state index contributed by atoms with van der Waals surface area (Å²) in [6, 6.07) is 8.84. The third-order valence-corrected chi connectivity index (χ3v) is 4.42. The molecule has 0 spiro atoms. The molecule has 0 aliphatic carbocycles. The molecule has 0 radical (unpaired) electrons. The first kappa shape index (κ1) is 16.2. The highest BCUT2D eigenvalue weighted by atomic mass is 79.9. The van der Waals surface area contributed by atoms with Crippen molar-refractivity contribution in [3.63, 3.8) is 0 Å². The molecule has 4 heteroatoms. The van der Waals surface area contributed by atoms with Gasteiger partial charge in [0.1, 0.15) is 0 Å². The van der Waals surface area contributed by atoms with Gasteiger partial charge >= 0.3 is 0 Å². The smallest absolute Gasteiger partial charge is 0.0662 e. The summed E-state index contributed by atoms with van der Waals surface area (Å²) < 4.78 is 3.23. The predicted molar refractivity (Wildman–Crippen MR) is 91.7 cm³/mol. The van der Waals surface area contributed by atoms with E-state index in [1.165, 1.54) is 16.8 Å². The molecular formula is C17H24BrN3. The summed E-state index contributed by atoms with van der Waals surface area (Å²) in [5.74, 6) is 0. The number of aryl methyl sites for hydroxylation is 1. The maximum atomic E-state index is 4.74. The van der Waals surface area contributed by atoms with E-state index in [9.17, 15) is 0 Å². The van der Waals surface area contributed by atoms with Crippen LogP contribution in [-0.2, 0) is 6.54 Å². The number of nitrogens with zero attached hydrogens (tertiary/aromatic N) is 2. The van der Waals surface area contributed by atoms with Crippen LogP contribution in [0.5, 0.6) is 0 Å². The first-order valence-electron chi connectivity index (χ1n) is 7.58. The van der Waals surface area contributed by atoms with E-state index in [0.717, 1.165) is 29.7 Å². The second-order valence-electron chi connectivity index (χ2n) is 5.39. The molecule has 21 heavy (non-hydrogen) atoms. The number of hydrogen-bond acceptors (Lipinski definition) is 2. The maximum Gasteiger partial charge on any atom is 0.0662 e. The van der Waals surface area contributed by atoms with Gasteiger partial charge in [0, 0.05) is 21.8 Å². The molecule has 1 atom stereocenters. The van der Waals surface area contributed by atoms with Crippen LogP contribution < -0.4 is 5.32 Å². The number of benzene rings is 1. The van der Waals surface area contributed by atoms with Gasteiger partial charge in [-0.3, -0.25) is 4.68 Å². The second-order valence-corrected chi connectivity index (χ2v) is 6.30. The number of nitrogens with one attached hydrogen (secondary N) is 1. The van der Waals surface area contributed by atoms with E-state index in [1.807, 2.05) is 0 Å². The molecule has 1 unspecified atom stereocenters. The lowest BCUT2D eigenvalue weighted by molar-refractivity contribution is 0.531. The van der Waals surface area contributed by atoms with Crippen LogP contribution in [0.2, 0.25) is 0 Å². The highest BCUT2D eigenvalue weighted by Gasteiger charge is 2.18. The van der Waals surface area contributed by atoms with Gasteiger partial charge < -0.3 is 5.32 Å². The summed E-state index contributed by atoms with van der Waals surface area (Å²) in [4.78, 5) is 0. The van der Waals surface area contributed by atoms with Gasteiger partial charge in [0.2, 0.25) is 0 Å². The third kappa shape index (κ3) is 3.74. The third-order valence-electron chi connectivity index (χ3n) is 3.89. The minimum atomic E-state index is 0.397. The largest absolute Gasteiger partial charge is 0.310 e. The molecular weight excluding hydrogens is 326 g/mol. The van der Waals surface area contributed by atoms with E-state index in [-0.39, 0.29) is 0 Å². The molecule has 1 aromatic heterocycles. The molecule has 114 valence electrons. The summed E-state index contributed by atoms with van der Waals surface area (Å²) in [5, 5.41) is 8.30. The highest BCUT2D eigenvalue weighted by molar-refractivity contribution is 9.10. The van der Waals surface area contributed by atoms with Gasteiger partial charge in [0.25, 0.3) is 0 Å². The molecule has 0 saturated heterocycles. The maximum absolute atomic E-state index is 4.74. The second kappa shape index (κ2) is 7.23. The van der Waals surface area contributed by atoms with Crippen molar-refractivity contribution < 1.29 is 0 Å². The van der Waals surface area contributed by atoms with Crippen LogP contribution in [0.4, 0.5) is 0 Å². The van der Waals surface area contributed by atoms with Crippen molar-refractivity contribution in [3.05, 3.63) is 51.3 Å². The Morgan fingerprint density at radius 3 is 2.43 bits per heavy atom. The van der Waals surface area contributed by atoms with Gasteiger partial charge in [-0.15, -0.1) is 0 Å². The molecule has 3 nitrogen and oxygen atoms in total. The molecule has 1 heterocycles. The van der Waals surface area contributed by atoms with Crippen molar-refractivity contribution in [1.82, 2.24) is 15.1 Å². The van der Waals surface area contributed by atoms with Gasteiger partial charge in [-0.25, -0.2) is 0 Å². The van der Waals surface area contributed by atoms with Crippen molar-refractivity contribution in [1.29, 1.82) is 0 Å². The molecule has 1 N–H and O–H groups in total. The minimum absolute atomic E-state index is 0.397. The summed E-state index contributed by atoms with van der Waals surface area (Å²) >= 11 is 3.48. The monoisotopic (exact) mass is 349 g/mol. The Labute approximate surface area is 135 Å². The Morgan fingerprint density at radius 2 is 1.86 bits per heavy atom. The Kier molecular flexibility index (Phi) is 5.59. The summed E-state index contributed by atoms with van der Waals surface area (Å²) in [6.07, 6.45) is 1.08. The van der Waals surface area contributed by atoms with E-state index in [0.29, 0.717) is 6.04 Å². The molecule has 0 fully saturated rings. The van der Waals surface area contributed by atoms with Crippen LogP contribution in [0.25, 0.3) is 0 Å². The molecule has 0 aliphatic heterocycles. The number of halogens is 1. The molecule has 0 bridgehead atoms. The van der Waals surface area contributed by atoms with Crippen molar-refractivity contribution in [2.45, 2.75) is 46.7 Å². The fraction of sp³-hybridized carbons (Fsp3) is 0.471. The topological polar surface area (TPSA) is 29.9 Å². The van der Waals surface area contributed by atoms with Crippen molar-refractivity contribution >= 4 is 15.9 Å². The zero-order chi connectivity index (χ0) is 15.4. The number of aromatic nitrogens is 2. The summed E-state index contributed by atoms with van der Waals surface area (Å²) in [7, 11) is 0. The van der Waals surface area contributed by atoms with E-state index in [1.54, 1.807) is 0 Å². The molecule has 2 aromatic rings. The Balaban J connectivity index is 2.27. The SMILES string of the molecule is CCNC(CC)c1c(C)nn(Cc2ccc(Br)cc2)c1C. The van der Waals surface area contributed by atoms with Crippen LogP contribution in [0.15, 0.2) is 28.7 Å². The van der Waals surface area contributed by atoms with E-state index < -0.39 is 0 Å². The van der Waals surface area contributed by atoms with E-state index >= 15 is 0 Å². The lowest BCUT2D eigenvalue weighted by Crippen LogP contribution is -2.21. The lowest BCUT2D eigenvalue weighted by atomic mass is 10.0. The van der Waals surface area contributed by atoms with Gasteiger partial charge in [-0.1, -0.05) is 41.9 Å². The van der Waals surface area contributed by atoms with E-state index in [2.05, 4.69) is 77.9 Å². The van der Waals surface area contributed by atoms with Crippen LogP contribution in [0.1, 0.15) is 48.8 Å². The molecule has 1 aromatic carbocycles. The Bertz CT molecular complexity index is 587. The predicted octanol–water partition coefficient (Wildman–Crippen LogP) is 4.37. The average Bonchev–Trinajstić information content (AvgIpc) is 2.74. The van der Waals surface area contributed by atoms with Crippen LogP contribution in [0.3, 0.4) is 0 Å². The van der Waals surface area contributed by atoms with Crippen molar-refractivity contribution in [2.75, 3.05) is 6.54 Å². The summed E-state index contributed by atoms with van der Waals surface area (Å²) in [6.45, 7) is 10.5. The molecule has 0 aliphatic rings. The average molecular weight is 350 g/mol. The standard InChI is InChI=1S/C17H24BrN3/c1-5-16(19-6-2)17-12(3)20-21(13(17)4)11-14-7-9-15(18)10-8-14/h7-10,16,19H,5-6,11H2,1-4H3. The fourth-order valence-corrected chi connectivity index (χ4v) is 3.09. The van der Waals surface area contributed by atoms with E-state index in [4.69, 9.17) is 5.10 Å². The lowest BCUT2D eigenvalue weighted by Gasteiger charge is -2.16. The normalized spacial score (nSPS) is 12.6. The van der Waals surface area contributed by atoms with Gasteiger partial charge in [-0.05, 0) is 44.5 Å². The first-order chi connectivity index (χ1) is 10.1. The first-order valence-corrected chi connectivity index (χ1v) is 8.37. The fourth-order valence-electron chi connectivity index (χ4n) is 2.83. The Hall–Kier alpha value is -1.13. The van der Waals surface area contributed by atoms with Crippen molar-refractivity contribution in [2.24, 2.45) is 0 Å². The molecule has 0 amide bonds. The minimum Gasteiger partial charge on any atom is -0.310 e. The van der Waals surface area contributed by atoms with Gasteiger partial charge in [0.15, 0.2) is 0 Å². The quantitative estimate of drug-likeness (QED) is 0.838.